The number of para-hydroxylation sites is 1. The zero-order chi connectivity index (χ0) is 9.68. The monoisotopic (exact) mass is 202 g/mol. The maximum Gasteiger partial charge on any atom is 0.231 e. The number of hydrazine groups is 1. The predicted octanol–water partition coefficient (Wildman–Crippen LogP) is 1.56. The van der Waals surface area contributed by atoms with Crippen LogP contribution in [0.1, 0.15) is 0 Å². The van der Waals surface area contributed by atoms with Crippen molar-refractivity contribution >= 4 is 17.3 Å². The number of halogens is 1. The highest BCUT2D eigenvalue weighted by Gasteiger charge is 2.15. The van der Waals surface area contributed by atoms with E-state index < -0.39 is 0 Å². The third-order valence-corrected chi connectivity index (χ3v) is 1.55. The van der Waals surface area contributed by atoms with Gasteiger partial charge in [0.25, 0.3) is 0 Å². The van der Waals surface area contributed by atoms with Crippen molar-refractivity contribution < 1.29 is 9.47 Å². The number of alkyl halides is 1. The highest BCUT2D eigenvalue weighted by molar-refractivity contribution is 6.15. The Bertz CT molecular complexity index is 281. The van der Waals surface area contributed by atoms with Gasteiger partial charge in [-0.1, -0.05) is 6.07 Å². The molecule has 0 spiro atoms. The maximum absolute atomic E-state index is 5.24. The first-order chi connectivity index (χ1) is 6.42. The lowest BCUT2D eigenvalue weighted by Gasteiger charge is -2.02. The molecule has 0 atom stereocenters. The van der Waals surface area contributed by atoms with Gasteiger partial charge >= 0.3 is 0 Å². The molecule has 0 saturated carbocycles. The predicted molar refractivity (Wildman–Crippen MR) is 52.2 cm³/mol. The quantitative estimate of drug-likeness (QED) is 0.412. The lowest BCUT2D eigenvalue weighted by molar-refractivity contribution is 0.174. The standard InChI is InChI=1S/C7H8N2O2.CH3Cl/c8-9-5-2-1-3-6-7(5)11-4-10-6;1-2/h1-3,9H,4,8H2;1H3. The topological polar surface area (TPSA) is 56.5 Å². The lowest BCUT2D eigenvalue weighted by atomic mass is 10.3. The molecule has 0 aliphatic carbocycles. The fourth-order valence-corrected chi connectivity index (χ4v) is 1.04. The molecular formula is C8H11ClN2O2. The molecule has 1 aromatic rings. The lowest BCUT2D eigenvalue weighted by Crippen LogP contribution is -2.07. The molecule has 1 aromatic carbocycles. The van der Waals surface area contributed by atoms with E-state index in [9.17, 15) is 0 Å². The van der Waals surface area contributed by atoms with Crippen molar-refractivity contribution in [1.29, 1.82) is 0 Å². The SMILES string of the molecule is CCl.NNc1cccc2c1OCO2. The molecule has 0 amide bonds. The number of ether oxygens (including phenoxy) is 2. The van der Waals surface area contributed by atoms with E-state index >= 15 is 0 Å². The molecule has 0 bridgehead atoms. The number of hydrogen-bond acceptors (Lipinski definition) is 4. The highest BCUT2D eigenvalue weighted by Crippen LogP contribution is 2.37. The van der Waals surface area contributed by atoms with Crippen LogP contribution in [-0.4, -0.2) is 13.2 Å². The summed E-state index contributed by atoms with van der Waals surface area (Å²) in [4.78, 5) is 0. The largest absolute Gasteiger partial charge is 0.454 e. The first-order valence-corrected chi connectivity index (χ1v) is 4.40. The Balaban J connectivity index is 0.000000396. The molecule has 1 heterocycles. The van der Waals surface area contributed by atoms with E-state index in [-0.39, 0.29) is 6.79 Å². The van der Waals surface area contributed by atoms with Gasteiger partial charge in [-0.3, -0.25) is 5.84 Å². The number of rotatable bonds is 1. The number of hydrogen-bond donors (Lipinski definition) is 2. The van der Waals surface area contributed by atoms with Crippen LogP contribution < -0.4 is 20.7 Å². The summed E-state index contributed by atoms with van der Waals surface area (Å²) in [5.41, 5.74) is 3.27. The molecule has 0 fully saturated rings. The van der Waals surface area contributed by atoms with Crippen molar-refractivity contribution in [2.45, 2.75) is 0 Å². The number of anilines is 1. The summed E-state index contributed by atoms with van der Waals surface area (Å²) in [7, 11) is 0. The summed E-state index contributed by atoms with van der Waals surface area (Å²) < 4.78 is 10.3. The van der Waals surface area contributed by atoms with Crippen LogP contribution in [0.4, 0.5) is 5.69 Å². The minimum Gasteiger partial charge on any atom is -0.454 e. The average molecular weight is 203 g/mol. The molecule has 1 aliphatic heterocycles. The van der Waals surface area contributed by atoms with Crippen LogP contribution >= 0.6 is 11.6 Å². The smallest absolute Gasteiger partial charge is 0.231 e. The van der Waals surface area contributed by atoms with Crippen LogP contribution in [0.25, 0.3) is 0 Å². The molecule has 72 valence electrons. The van der Waals surface area contributed by atoms with E-state index in [2.05, 4.69) is 17.0 Å². The summed E-state index contributed by atoms with van der Waals surface area (Å²) in [6.45, 7) is 0.272. The molecule has 2 rings (SSSR count). The first-order valence-electron chi connectivity index (χ1n) is 3.65. The van der Waals surface area contributed by atoms with E-state index in [1.165, 1.54) is 6.38 Å². The number of benzene rings is 1. The summed E-state index contributed by atoms with van der Waals surface area (Å²) in [5, 5.41) is 0. The number of nitrogens with one attached hydrogen (secondary N) is 1. The number of fused-ring (bicyclic) bond motifs is 1. The van der Waals surface area contributed by atoms with Gasteiger partial charge in [-0.05, 0) is 12.1 Å². The Kier molecular flexibility index (Phi) is 3.67. The Morgan fingerprint density at radius 3 is 2.85 bits per heavy atom. The molecule has 5 heteroatoms. The summed E-state index contributed by atoms with van der Waals surface area (Å²) in [5.74, 6) is 6.66. The van der Waals surface area contributed by atoms with Crippen molar-refractivity contribution in [1.82, 2.24) is 0 Å². The summed E-state index contributed by atoms with van der Waals surface area (Å²) >= 11 is 4.64. The molecule has 0 unspecified atom stereocenters. The Morgan fingerprint density at radius 2 is 2.15 bits per heavy atom. The van der Waals surface area contributed by atoms with Gasteiger partial charge in [-0.2, -0.15) is 0 Å². The Morgan fingerprint density at radius 1 is 1.38 bits per heavy atom. The van der Waals surface area contributed by atoms with E-state index in [0.29, 0.717) is 5.75 Å². The Labute approximate surface area is 81.6 Å². The normalized spacial score (nSPS) is 11.6. The van der Waals surface area contributed by atoms with Crippen LogP contribution in [0.5, 0.6) is 11.5 Å². The van der Waals surface area contributed by atoms with Gasteiger partial charge in [0, 0.05) is 6.38 Å². The zero-order valence-electron chi connectivity index (χ0n) is 7.21. The van der Waals surface area contributed by atoms with Crippen LogP contribution in [-0.2, 0) is 0 Å². The van der Waals surface area contributed by atoms with Gasteiger partial charge in [0.15, 0.2) is 11.5 Å². The second-order valence-electron chi connectivity index (χ2n) is 2.18. The minimum atomic E-state index is 0.272. The van der Waals surface area contributed by atoms with Crippen molar-refractivity contribution in [2.24, 2.45) is 5.84 Å². The fraction of sp³-hybridized carbons (Fsp3) is 0.250. The molecule has 0 aromatic heterocycles. The van der Waals surface area contributed by atoms with Gasteiger partial charge in [-0.15, -0.1) is 11.6 Å². The van der Waals surface area contributed by atoms with Gasteiger partial charge in [-0.25, -0.2) is 0 Å². The van der Waals surface area contributed by atoms with Crippen LogP contribution in [0, 0.1) is 0 Å². The van der Waals surface area contributed by atoms with Crippen molar-refractivity contribution in [3.8, 4) is 11.5 Å². The van der Waals surface area contributed by atoms with Gasteiger partial charge in [0.05, 0.1) is 5.69 Å². The first kappa shape index (κ1) is 9.95. The van der Waals surface area contributed by atoms with Crippen molar-refractivity contribution in [3.63, 3.8) is 0 Å². The average Bonchev–Trinajstić information content (AvgIpc) is 2.68. The van der Waals surface area contributed by atoms with E-state index in [1.54, 1.807) is 0 Å². The highest BCUT2D eigenvalue weighted by atomic mass is 35.5. The van der Waals surface area contributed by atoms with Gasteiger partial charge in [0.2, 0.25) is 6.79 Å². The molecule has 0 saturated heterocycles. The van der Waals surface area contributed by atoms with Crippen LogP contribution in [0.15, 0.2) is 18.2 Å². The van der Waals surface area contributed by atoms with Crippen LogP contribution in [0.2, 0.25) is 0 Å². The molecule has 3 N–H and O–H groups in total. The molecule has 4 nitrogen and oxygen atoms in total. The Hall–Kier alpha value is -1.13. The minimum absolute atomic E-state index is 0.272. The number of nitrogens with two attached hydrogens (primary N) is 1. The van der Waals surface area contributed by atoms with Crippen LogP contribution in [0.3, 0.4) is 0 Å². The van der Waals surface area contributed by atoms with Gasteiger partial charge in [0.1, 0.15) is 0 Å². The van der Waals surface area contributed by atoms with E-state index in [1.807, 2.05) is 18.2 Å². The third kappa shape index (κ3) is 1.96. The van der Waals surface area contributed by atoms with E-state index in [4.69, 9.17) is 15.3 Å². The second kappa shape index (κ2) is 4.79. The second-order valence-corrected chi connectivity index (χ2v) is 2.18. The maximum atomic E-state index is 5.24. The van der Waals surface area contributed by atoms with Crippen molar-refractivity contribution in [2.75, 3.05) is 18.6 Å². The molecule has 0 radical (unpaired) electrons. The van der Waals surface area contributed by atoms with Gasteiger partial charge < -0.3 is 14.9 Å². The summed E-state index contributed by atoms with van der Waals surface area (Å²) in [6.07, 6.45) is 1.47. The van der Waals surface area contributed by atoms with Crippen molar-refractivity contribution in [3.05, 3.63) is 18.2 Å². The molecule has 13 heavy (non-hydrogen) atoms. The molecule has 1 aliphatic rings. The summed E-state index contributed by atoms with van der Waals surface area (Å²) in [6, 6.07) is 5.51. The number of nitrogen functional groups attached to an aromatic ring is 1. The zero-order valence-corrected chi connectivity index (χ0v) is 7.97. The van der Waals surface area contributed by atoms with E-state index in [0.717, 1.165) is 11.4 Å². The molecular weight excluding hydrogens is 192 g/mol. The third-order valence-electron chi connectivity index (χ3n) is 1.55. The fourth-order valence-electron chi connectivity index (χ4n) is 1.04.